The number of aryl methyl sites for hydroxylation is 1. The Kier molecular flexibility index (Phi) is 7.24. The number of carbonyl (C=O) groups is 2. The molecule has 1 fully saturated rings. The molecule has 1 amide bonds. The number of amides is 1. The molecule has 0 radical (unpaired) electrons. The first-order valence-corrected chi connectivity index (χ1v) is 11.4. The Labute approximate surface area is 185 Å². The van der Waals surface area contributed by atoms with Gasteiger partial charge in [-0.15, -0.1) is 0 Å². The van der Waals surface area contributed by atoms with Gasteiger partial charge in [-0.1, -0.05) is 63.8 Å². The highest BCUT2D eigenvalue weighted by Gasteiger charge is 2.36. The van der Waals surface area contributed by atoms with Crippen LogP contribution >= 0.6 is 0 Å². The molecule has 3 rings (SSSR count). The van der Waals surface area contributed by atoms with Crippen LogP contribution in [0.25, 0.3) is 10.8 Å². The predicted molar refractivity (Wildman–Crippen MR) is 124 cm³/mol. The zero-order valence-corrected chi connectivity index (χ0v) is 19.2. The number of hydrogen-bond donors (Lipinski definition) is 2. The van der Waals surface area contributed by atoms with Crippen molar-refractivity contribution in [1.82, 2.24) is 5.32 Å². The van der Waals surface area contributed by atoms with Crippen molar-refractivity contribution in [3.05, 3.63) is 41.5 Å². The Morgan fingerprint density at radius 1 is 1.16 bits per heavy atom. The number of fused-ring (bicyclic) bond motifs is 1. The number of carboxylic acids is 1. The highest BCUT2D eigenvalue weighted by molar-refractivity contribution is 6.05. The van der Waals surface area contributed by atoms with Crippen molar-refractivity contribution in [2.45, 2.75) is 72.3 Å². The van der Waals surface area contributed by atoms with E-state index < -0.39 is 23.3 Å². The lowest BCUT2D eigenvalue weighted by molar-refractivity contribution is -0.142. The van der Waals surface area contributed by atoms with Gasteiger partial charge in [-0.2, -0.15) is 0 Å². The zero-order valence-electron chi connectivity index (χ0n) is 19.2. The lowest BCUT2D eigenvalue weighted by Crippen LogP contribution is -2.50. The summed E-state index contributed by atoms with van der Waals surface area (Å²) in [5.41, 5.74) is 0.910. The average molecular weight is 426 g/mol. The summed E-state index contributed by atoms with van der Waals surface area (Å²) in [4.78, 5) is 25.2. The number of hydrogen-bond acceptors (Lipinski definition) is 3. The molecule has 0 heterocycles. The molecule has 5 heteroatoms. The second-order valence-corrected chi connectivity index (χ2v) is 9.57. The number of aliphatic carboxylic acids is 1. The maximum Gasteiger partial charge on any atom is 0.326 e. The Hall–Kier alpha value is -2.56. The third-order valence-electron chi connectivity index (χ3n) is 6.78. The van der Waals surface area contributed by atoms with E-state index in [1.807, 2.05) is 52.0 Å². The third kappa shape index (κ3) is 5.38. The number of benzene rings is 2. The summed E-state index contributed by atoms with van der Waals surface area (Å²) in [5.74, 6) is -0.379. The fourth-order valence-corrected chi connectivity index (χ4v) is 4.30. The van der Waals surface area contributed by atoms with Crippen LogP contribution in [-0.2, 0) is 4.79 Å². The lowest BCUT2D eigenvalue weighted by atomic mass is 9.81. The van der Waals surface area contributed by atoms with E-state index in [-0.39, 0.29) is 0 Å². The summed E-state index contributed by atoms with van der Waals surface area (Å²) in [6, 6.07) is 8.77. The third-order valence-corrected chi connectivity index (χ3v) is 6.78. The van der Waals surface area contributed by atoms with E-state index in [4.69, 9.17) is 4.74 Å². The van der Waals surface area contributed by atoms with Gasteiger partial charge in [0.05, 0.1) is 12.2 Å². The first kappa shape index (κ1) is 23.1. The Bertz CT molecular complexity index is 944. The van der Waals surface area contributed by atoms with E-state index in [0.29, 0.717) is 30.3 Å². The largest absolute Gasteiger partial charge is 0.492 e. The van der Waals surface area contributed by atoms with Crippen LogP contribution in [0.5, 0.6) is 5.75 Å². The molecular weight excluding hydrogens is 390 g/mol. The second-order valence-electron chi connectivity index (χ2n) is 9.57. The summed E-state index contributed by atoms with van der Waals surface area (Å²) >= 11 is 0. The molecule has 5 nitrogen and oxygen atoms in total. The van der Waals surface area contributed by atoms with Gasteiger partial charge in [-0.3, -0.25) is 4.79 Å². The zero-order chi connectivity index (χ0) is 22.6. The average Bonchev–Trinajstić information content (AvgIpc) is 2.75. The summed E-state index contributed by atoms with van der Waals surface area (Å²) in [7, 11) is 0. The molecule has 0 spiro atoms. The van der Waals surface area contributed by atoms with Crippen LogP contribution in [-0.4, -0.2) is 29.6 Å². The highest BCUT2D eigenvalue weighted by Crippen LogP contribution is 2.33. The maximum absolute atomic E-state index is 13.3. The van der Waals surface area contributed by atoms with E-state index >= 15 is 0 Å². The fraction of sp³-hybridized carbons (Fsp3) is 0.538. The van der Waals surface area contributed by atoms with Gasteiger partial charge in [0.25, 0.3) is 5.91 Å². The monoisotopic (exact) mass is 425 g/mol. The molecule has 0 bridgehead atoms. The number of carbonyl (C=O) groups excluding carboxylic acids is 1. The first-order valence-electron chi connectivity index (χ1n) is 11.4. The molecule has 0 unspecified atom stereocenters. The number of ether oxygens (including phenoxy) is 1. The lowest BCUT2D eigenvalue weighted by Gasteiger charge is -2.31. The van der Waals surface area contributed by atoms with Crippen LogP contribution in [0.1, 0.15) is 75.2 Å². The molecule has 1 atom stereocenters. The number of carboxylic acid groups (broad SMARTS) is 1. The van der Waals surface area contributed by atoms with Gasteiger partial charge in [-0.25, -0.2) is 4.79 Å². The molecule has 168 valence electrons. The van der Waals surface area contributed by atoms with Crippen molar-refractivity contribution in [2.24, 2.45) is 11.3 Å². The molecule has 31 heavy (non-hydrogen) atoms. The van der Waals surface area contributed by atoms with Gasteiger partial charge >= 0.3 is 5.97 Å². The molecule has 2 N–H and O–H groups in total. The minimum atomic E-state index is -1.03. The van der Waals surface area contributed by atoms with E-state index in [1.165, 1.54) is 19.3 Å². The van der Waals surface area contributed by atoms with Crippen molar-refractivity contribution in [3.8, 4) is 5.75 Å². The van der Waals surface area contributed by atoms with E-state index in [9.17, 15) is 14.7 Å². The highest BCUT2D eigenvalue weighted by atomic mass is 16.5. The predicted octanol–water partition coefficient (Wildman–Crippen LogP) is 5.73. The van der Waals surface area contributed by atoms with Crippen LogP contribution in [0.4, 0.5) is 0 Å². The van der Waals surface area contributed by atoms with Crippen molar-refractivity contribution in [2.75, 3.05) is 6.61 Å². The Morgan fingerprint density at radius 3 is 2.48 bits per heavy atom. The van der Waals surface area contributed by atoms with Crippen molar-refractivity contribution in [3.63, 3.8) is 0 Å². The standard InChI is InChI=1S/C26H35NO4/c1-5-26(3,4)23(25(29)30)27-24(28)20-14-13-19-12-11-17(2)15-21(19)22(20)31-16-18-9-7-6-8-10-18/h11-15,18,23H,5-10,16H2,1-4H3,(H,27,28)(H,29,30)/t23-/m1/s1. The van der Waals surface area contributed by atoms with Crippen molar-refractivity contribution >= 4 is 22.6 Å². The summed E-state index contributed by atoms with van der Waals surface area (Å²) in [5, 5.41) is 14.4. The SMILES string of the molecule is CCC(C)(C)[C@H](NC(=O)c1ccc2ccc(C)cc2c1OCC1CCCCC1)C(=O)O. The number of rotatable bonds is 8. The van der Waals surface area contributed by atoms with E-state index in [0.717, 1.165) is 29.2 Å². The maximum atomic E-state index is 13.3. The molecule has 2 aromatic carbocycles. The molecule has 1 aliphatic rings. The number of nitrogens with one attached hydrogen (secondary N) is 1. The molecule has 1 aliphatic carbocycles. The second kappa shape index (κ2) is 9.71. The van der Waals surface area contributed by atoms with Crippen LogP contribution < -0.4 is 10.1 Å². The van der Waals surface area contributed by atoms with E-state index in [1.54, 1.807) is 6.07 Å². The van der Waals surface area contributed by atoms with Crippen LogP contribution in [0.3, 0.4) is 0 Å². The molecule has 0 aromatic heterocycles. The summed E-state index contributed by atoms with van der Waals surface area (Å²) in [6.07, 6.45) is 6.66. The summed E-state index contributed by atoms with van der Waals surface area (Å²) in [6.45, 7) is 8.24. The van der Waals surface area contributed by atoms with Gasteiger partial charge < -0.3 is 15.2 Å². The van der Waals surface area contributed by atoms with Gasteiger partial charge in [0, 0.05) is 5.39 Å². The minimum absolute atomic E-state index is 0.395. The molecule has 1 saturated carbocycles. The van der Waals surface area contributed by atoms with Crippen molar-refractivity contribution < 1.29 is 19.4 Å². The molecule has 0 aliphatic heterocycles. The Morgan fingerprint density at radius 2 is 1.84 bits per heavy atom. The van der Waals surface area contributed by atoms with Gasteiger partial charge in [0.15, 0.2) is 0 Å². The quantitative estimate of drug-likeness (QED) is 0.567. The Balaban J connectivity index is 1.95. The van der Waals surface area contributed by atoms with E-state index in [2.05, 4.69) is 5.32 Å². The molecule has 2 aromatic rings. The van der Waals surface area contributed by atoms with Gasteiger partial charge in [0.1, 0.15) is 11.8 Å². The normalized spacial score (nSPS) is 16.1. The van der Waals surface area contributed by atoms with Crippen LogP contribution in [0.15, 0.2) is 30.3 Å². The van der Waals surface area contributed by atoms with Crippen molar-refractivity contribution in [1.29, 1.82) is 0 Å². The smallest absolute Gasteiger partial charge is 0.326 e. The van der Waals surface area contributed by atoms with Crippen LogP contribution in [0.2, 0.25) is 0 Å². The fourth-order valence-electron chi connectivity index (χ4n) is 4.30. The summed E-state index contributed by atoms with van der Waals surface area (Å²) < 4.78 is 6.31. The van der Waals surface area contributed by atoms with Gasteiger partial charge in [-0.05, 0) is 55.0 Å². The van der Waals surface area contributed by atoms with Gasteiger partial charge in [0.2, 0.25) is 0 Å². The topological polar surface area (TPSA) is 75.6 Å². The molecule has 0 saturated heterocycles. The first-order chi connectivity index (χ1) is 14.7. The van der Waals surface area contributed by atoms with Crippen LogP contribution in [0, 0.1) is 18.3 Å². The minimum Gasteiger partial charge on any atom is -0.492 e. The molecular formula is C26H35NO4.